The zero-order valence-electron chi connectivity index (χ0n) is 14.4. The lowest BCUT2D eigenvalue weighted by Gasteiger charge is -2.21. The molecule has 3 rings (SSSR count). The predicted octanol–water partition coefficient (Wildman–Crippen LogP) is 4.19. The van der Waals surface area contributed by atoms with Crippen molar-refractivity contribution in [3.05, 3.63) is 67.5 Å². The number of anilines is 1. The molecule has 7 nitrogen and oxygen atoms in total. The molecule has 0 aliphatic carbocycles. The Kier molecular flexibility index (Phi) is 5.55. The van der Waals surface area contributed by atoms with Crippen LogP contribution < -0.4 is 10.6 Å². The van der Waals surface area contributed by atoms with Gasteiger partial charge in [-0.05, 0) is 54.1 Å². The molecule has 0 unspecified atom stereocenters. The zero-order valence-corrected chi connectivity index (χ0v) is 16.6. The summed E-state index contributed by atoms with van der Waals surface area (Å²) < 4.78 is 1.52. The SMILES string of the molecule is CCN(C(=O)n1nnn(-c2c(Cl)cccc2Cl)c1=O)c1ccc(C)cc1Cl. The Morgan fingerprint density at radius 2 is 1.74 bits per heavy atom. The molecule has 1 aromatic heterocycles. The Morgan fingerprint density at radius 3 is 2.33 bits per heavy atom. The Labute approximate surface area is 169 Å². The summed E-state index contributed by atoms with van der Waals surface area (Å²) in [7, 11) is 0. The van der Waals surface area contributed by atoms with Gasteiger partial charge >= 0.3 is 11.7 Å². The summed E-state index contributed by atoms with van der Waals surface area (Å²) in [4.78, 5) is 26.9. The molecule has 140 valence electrons. The van der Waals surface area contributed by atoms with Gasteiger partial charge in [-0.15, -0.1) is 4.68 Å². The maximum atomic E-state index is 12.9. The van der Waals surface area contributed by atoms with E-state index in [4.69, 9.17) is 34.8 Å². The molecule has 0 saturated carbocycles. The fraction of sp³-hybridized carbons (Fsp3) is 0.176. The van der Waals surface area contributed by atoms with E-state index in [2.05, 4.69) is 10.4 Å². The molecule has 0 spiro atoms. The molecule has 0 aliphatic rings. The summed E-state index contributed by atoms with van der Waals surface area (Å²) in [6.07, 6.45) is 0. The third-order valence-electron chi connectivity index (χ3n) is 3.85. The van der Waals surface area contributed by atoms with Gasteiger partial charge in [-0.1, -0.05) is 46.9 Å². The van der Waals surface area contributed by atoms with E-state index in [0.717, 1.165) is 10.2 Å². The first-order valence-electron chi connectivity index (χ1n) is 7.92. The van der Waals surface area contributed by atoms with Crippen molar-refractivity contribution in [3.63, 3.8) is 0 Å². The number of carbonyl (C=O) groups is 1. The number of aromatic nitrogens is 4. The van der Waals surface area contributed by atoms with E-state index in [0.29, 0.717) is 15.4 Å². The molecule has 0 aliphatic heterocycles. The lowest BCUT2D eigenvalue weighted by molar-refractivity contribution is 0.244. The van der Waals surface area contributed by atoms with Crippen LogP contribution in [0.1, 0.15) is 12.5 Å². The Hall–Kier alpha value is -2.35. The minimum absolute atomic E-state index is 0.154. The number of nitrogens with zero attached hydrogens (tertiary/aromatic N) is 5. The van der Waals surface area contributed by atoms with Crippen LogP contribution in [-0.4, -0.2) is 32.4 Å². The van der Waals surface area contributed by atoms with E-state index < -0.39 is 11.7 Å². The lowest BCUT2D eigenvalue weighted by atomic mass is 10.2. The van der Waals surface area contributed by atoms with Gasteiger partial charge in [-0.2, -0.15) is 4.68 Å². The molecule has 2 aromatic carbocycles. The highest BCUT2D eigenvalue weighted by Crippen LogP contribution is 2.28. The van der Waals surface area contributed by atoms with Crippen molar-refractivity contribution in [3.8, 4) is 5.69 Å². The molecule has 3 aromatic rings. The summed E-state index contributed by atoms with van der Waals surface area (Å²) in [5.74, 6) is 0. The molecule has 0 fully saturated rings. The van der Waals surface area contributed by atoms with Gasteiger partial charge in [-0.25, -0.2) is 9.59 Å². The number of benzene rings is 2. The maximum Gasteiger partial charge on any atom is 0.377 e. The van der Waals surface area contributed by atoms with Crippen LogP contribution in [0.15, 0.2) is 41.2 Å². The van der Waals surface area contributed by atoms with Crippen molar-refractivity contribution in [1.82, 2.24) is 19.8 Å². The van der Waals surface area contributed by atoms with Crippen molar-refractivity contribution in [1.29, 1.82) is 0 Å². The van der Waals surface area contributed by atoms with Gasteiger partial charge in [-0.3, -0.25) is 4.90 Å². The average Bonchev–Trinajstić information content (AvgIpc) is 2.98. The largest absolute Gasteiger partial charge is 0.377 e. The first-order valence-corrected chi connectivity index (χ1v) is 9.06. The number of aryl methyl sites for hydroxylation is 1. The summed E-state index contributed by atoms with van der Waals surface area (Å²) >= 11 is 18.5. The topological polar surface area (TPSA) is 73.0 Å². The highest BCUT2D eigenvalue weighted by atomic mass is 35.5. The summed E-state index contributed by atoms with van der Waals surface area (Å²) in [6, 6.07) is 9.31. The number of rotatable bonds is 3. The molecule has 1 amide bonds. The van der Waals surface area contributed by atoms with Gasteiger partial charge in [0.25, 0.3) is 0 Å². The summed E-state index contributed by atoms with van der Waals surface area (Å²) in [6.45, 7) is 3.92. The Bertz CT molecular complexity index is 1060. The van der Waals surface area contributed by atoms with E-state index in [9.17, 15) is 9.59 Å². The predicted molar refractivity (Wildman–Crippen MR) is 106 cm³/mol. The van der Waals surface area contributed by atoms with Crippen LogP contribution >= 0.6 is 34.8 Å². The maximum absolute atomic E-state index is 12.9. The number of hydrogen-bond donors (Lipinski definition) is 0. The van der Waals surface area contributed by atoms with Crippen LogP contribution in [0.25, 0.3) is 5.69 Å². The molecular formula is C17H14Cl3N5O2. The van der Waals surface area contributed by atoms with Crippen LogP contribution in [0.2, 0.25) is 15.1 Å². The molecule has 0 saturated heterocycles. The first kappa shape index (κ1) is 19.4. The lowest BCUT2D eigenvalue weighted by Crippen LogP contribution is -2.41. The monoisotopic (exact) mass is 425 g/mol. The average molecular weight is 427 g/mol. The molecular weight excluding hydrogens is 413 g/mol. The standard InChI is InChI=1S/C17H14Cl3N5O2/c1-3-23(14-8-7-10(2)9-13(14)20)16(26)25-17(27)24(21-22-25)15-11(18)5-4-6-12(15)19/h4-9H,3H2,1-2H3. The van der Waals surface area contributed by atoms with Crippen LogP contribution in [-0.2, 0) is 0 Å². The molecule has 0 N–H and O–H groups in total. The Balaban J connectivity index is 2.05. The van der Waals surface area contributed by atoms with E-state index in [1.54, 1.807) is 37.3 Å². The summed E-state index contributed by atoms with van der Waals surface area (Å²) in [5, 5.41) is 8.23. The van der Waals surface area contributed by atoms with E-state index >= 15 is 0 Å². The fourth-order valence-corrected chi connectivity index (χ4v) is 3.45. The quantitative estimate of drug-likeness (QED) is 0.589. The normalized spacial score (nSPS) is 10.9. The van der Waals surface area contributed by atoms with Crippen molar-refractivity contribution in [2.24, 2.45) is 0 Å². The third kappa shape index (κ3) is 3.58. The molecule has 27 heavy (non-hydrogen) atoms. The van der Waals surface area contributed by atoms with E-state index in [-0.39, 0.29) is 22.3 Å². The van der Waals surface area contributed by atoms with Crippen molar-refractivity contribution in [2.45, 2.75) is 13.8 Å². The number of tetrazole rings is 1. The Morgan fingerprint density at radius 1 is 1.07 bits per heavy atom. The first-order chi connectivity index (χ1) is 12.8. The zero-order chi connectivity index (χ0) is 19.7. The number of hydrogen-bond acceptors (Lipinski definition) is 4. The second kappa shape index (κ2) is 7.72. The minimum Gasteiger partial charge on any atom is -0.291 e. The van der Waals surface area contributed by atoms with Crippen LogP contribution in [0.3, 0.4) is 0 Å². The van der Waals surface area contributed by atoms with Gasteiger partial charge < -0.3 is 0 Å². The fourth-order valence-electron chi connectivity index (χ4n) is 2.55. The van der Waals surface area contributed by atoms with Crippen molar-refractivity contribution < 1.29 is 4.79 Å². The highest BCUT2D eigenvalue weighted by Gasteiger charge is 2.24. The number of amides is 1. The van der Waals surface area contributed by atoms with E-state index in [1.807, 2.05) is 13.0 Å². The summed E-state index contributed by atoms with van der Waals surface area (Å²) in [5.41, 5.74) is 0.772. The second-order valence-corrected chi connectivity index (χ2v) is 6.86. The molecule has 0 bridgehead atoms. The van der Waals surface area contributed by atoms with Gasteiger partial charge in [0.1, 0.15) is 5.69 Å². The minimum atomic E-state index is -0.795. The number of halogens is 3. The van der Waals surface area contributed by atoms with Crippen molar-refractivity contribution >= 4 is 46.5 Å². The van der Waals surface area contributed by atoms with E-state index in [1.165, 1.54) is 4.90 Å². The van der Waals surface area contributed by atoms with Gasteiger partial charge in [0.05, 0.1) is 20.8 Å². The number of carbonyl (C=O) groups excluding carboxylic acids is 1. The molecule has 10 heteroatoms. The third-order valence-corrected chi connectivity index (χ3v) is 4.77. The van der Waals surface area contributed by atoms with Gasteiger partial charge in [0, 0.05) is 6.54 Å². The van der Waals surface area contributed by atoms with Gasteiger partial charge in [0.2, 0.25) is 0 Å². The second-order valence-electron chi connectivity index (χ2n) is 5.64. The van der Waals surface area contributed by atoms with Crippen LogP contribution in [0.4, 0.5) is 10.5 Å². The van der Waals surface area contributed by atoms with Crippen LogP contribution in [0.5, 0.6) is 0 Å². The van der Waals surface area contributed by atoms with Crippen LogP contribution in [0, 0.1) is 6.92 Å². The number of para-hydroxylation sites is 1. The van der Waals surface area contributed by atoms with Crippen molar-refractivity contribution in [2.75, 3.05) is 11.4 Å². The molecule has 1 heterocycles. The van der Waals surface area contributed by atoms with Gasteiger partial charge in [0.15, 0.2) is 0 Å². The highest BCUT2D eigenvalue weighted by molar-refractivity contribution is 6.37. The smallest absolute Gasteiger partial charge is 0.291 e. The molecule has 0 atom stereocenters. The molecule has 0 radical (unpaired) electrons.